The molecule has 0 amide bonds. The number of nitrogen functional groups attached to an aromatic ring is 1. The zero-order chi connectivity index (χ0) is 13.8. The highest BCUT2D eigenvalue weighted by molar-refractivity contribution is 5.42. The third-order valence-electron chi connectivity index (χ3n) is 3.15. The molecule has 0 aliphatic heterocycles. The van der Waals surface area contributed by atoms with Gasteiger partial charge in [0.05, 0.1) is 0 Å². The SMILES string of the molecule is Cc1cnc(N(C)CCCc2nccn2C)nc1N. The molecule has 2 aromatic rings. The number of hydrogen-bond donors (Lipinski definition) is 1. The van der Waals surface area contributed by atoms with E-state index in [9.17, 15) is 0 Å². The molecule has 0 bridgehead atoms. The molecule has 0 saturated carbocycles. The average molecular weight is 260 g/mol. The molecule has 102 valence electrons. The van der Waals surface area contributed by atoms with Gasteiger partial charge in [0.1, 0.15) is 11.6 Å². The molecular formula is C13H20N6. The molecule has 2 aromatic heterocycles. The van der Waals surface area contributed by atoms with Crippen molar-refractivity contribution in [2.45, 2.75) is 19.8 Å². The highest BCUT2D eigenvalue weighted by atomic mass is 15.2. The predicted octanol–water partition coefficient (Wildman–Crippen LogP) is 1.17. The highest BCUT2D eigenvalue weighted by Gasteiger charge is 2.07. The Hall–Kier alpha value is -2.11. The van der Waals surface area contributed by atoms with Crippen molar-refractivity contribution in [3.05, 3.63) is 30.0 Å². The summed E-state index contributed by atoms with van der Waals surface area (Å²) in [5.74, 6) is 2.31. The standard InChI is InChI=1S/C13H20N6/c1-10-9-16-13(17-12(10)14)19(3)7-4-5-11-15-6-8-18(11)2/h6,8-9H,4-5,7H2,1-3H3,(H2,14,16,17). The maximum atomic E-state index is 5.79. The molecule has 0 atom stereocenters. The van der Waals surface area contributed by atoms with E-state index in [2.05, 4.69) is 15.0 Å². The molecule has 19 heavy (non-hydrogen) atoms. The van der Waals surface area contributed by atoms with E-state index < -0.39 is 0 Å². The molecule has 2 heterocycles. The summed E-state index contributed by atoms with van der Waals surface area (Å²) in [6.07, 6.45) is 7.48. The van der Waals surface area contributed by atoms with Gasteiger partial charge in [-0.15, -0.1) is 0 Å². The molecule has 0 aliphatic rings. The van der Waals surface area contributed by atoms with Crippen LogP contribution in [0.3, 0.4) is 0 Å². The van der Waals surface area contributed by atoms with Gasteiger partial charge in [-0.25, -0.2) is 9.97 Å². The highest BCUT2D eigenvalue weighted by Crippen LogP contribution is 2.11. The first-order valence-corrected chi connectivity index (χ1v) is 6.34. The van der Waals surface area contributed by atoms with Gasteiger partial charge in [0, 0.05) is 51.2 Å². The molecule has 2 rings (SSSR count). The Morgan fingerprint density at radius 2 is 2.16 bits per heavy atom. The Labute approximate surface area is 113 Å². The summed E-state index contributed by atoms with van der Waals surface area (Å²) in [5.41, 5.74) is 6.70. The van der Waals surface area contributed by atoms with E-state index in [4.69, 9.17) is 5.73 Å². The molecule has 0 spiro atoms. The Balaban J connectivity index is 1.89. The first kappa shape index (κ1) is 13.3. The second kappa shape index (κ2) is 5.69. The van der Waals surface area contributed by atoms with Gasteiger partial charge in [-0.1, -0.05) is 0 Å². The molecule has 0 saturated heterocycles. The van der Waals surface area contributed by atoms with Gasteiger partial charge in [0.25, 0.3) is 0 Å². The van der Waals surface area contributed by atoms with Gasteiger partial charge >= 0.3 is 0 Å². The number of rotatable bonds is 5. The van der Waals surface area contributed by atoms with Gasteiger partial charge in [-0.2, -0.15) is 4.98 Å². The van der Waals surface area contributed by atoms with Crippen LogP contribution in [0.1, 0.15) is 17.8 Å². The average Bonchev–Trinajstić information content (AvgIpc) is 2.78. The molecule has 0 radical (unpaired) electrons. The largest absolute Gasteiger partial charge is 0.383 e. The third-order valence-corrected chi connectivity index (χ3v) is 3.15. The Bertz CT molecular complexity index is 548. The molecule has 2 N–H and O–H groups in total. The van der Waals surface area contributed by atoms with Crippen molar-refractivity contribution in [3.8, 4) is 0 Å². The fourth-order valence-electron chi connectivity index (χ4n) is 1.84. The van der Waals surface area contributed by atoms with Crippen LogP contribution in [0.2, 0.25) is 0 Å². The monoisotopic (exact) mass is 260 g/mol. The van der Waals surface area contributed by atoms with Crippen molar-refractivity contribution in [2.75, 3.05) is 24.2 Å². The van der Waals surface area contributed by atoms with Crippen LogP contribution in [-0.2, 0) is 13.5 Å². The summed E-state index contributed by atoms with van der Waals surface area (Å²) < 4.78 is 2.04. The van der Waals surface area contributed by atoms with Crippen molar-refractivity contribution in [3.63, 3.8) is 0 Å². The van der Waals surface area contributed by atoms with E-state index in [1.54, 1.807) is 6.20 Å². The second-order valence-corrected chi connectivity index (χ2v) is 4.72. The van der Waals surface area contributed by atoms with E-state index in [1.807, 2.05) is 42.9 Å². The first-order chi connectivity index (χ1) is 9.08. The van der Waals surface area contributed by atoms with Crippen molar-refractivity contribution in [2.24, 2.45) is 7.05 Å². The minimum Gasteiger partial charge on any atom is -0.383 e. The number of imidazole rings is 1. The number of nitrogens with two attached hydrogens (primary N) is 1. The maximum absolute atomic E-state index is 5.79. The van der Waals surface area contributed by atoms with Gasteiger partial charge < -0.3 is 15.2 Å². The lowest BCUT2D eigenvalue weighted by molar-refractivity contribution is 0.706. The van der Waals surface area contributed by atoms with Crippen LogP contribution in [0, 0.1) is 6.92 Å². The topological polar surface area (TPSA) is 72.9 Å². The van der Waals surface area contributed by atoms with Crippen LogP contribution in [0.4, 0.5) is 11.8 Å². The summed E-state index contributed by atoms with van der Waals surface area (Å²) in [7, 11) is 3.98. The molecule has 0 aliphatic carbocycles. The molecule has 0 fully saturated rings. The van der Waals surface area contributed by atoms with Crippen LogP contribution in [-0.4, -0.2) is 33.1 Å². The normalized spacial score (nSPS) is 10.7. The fourth-order valence-corrected chi connectivity index (χ4v) is 1.84. The predicted molar refractivity (Wildman–Crippen MR) is 76.0 cm³/mol. The third kappa shape index (κ3) is 3.21. The number of nitrogens with zero attached hydrogens (tertiary/aromatic N) is 5. The minimum atomic E-state index is 0.543. The van der Waals surface area contributed by atoms with Crippen LogP contribution >= 0.6 is 0 Å². The summed E-state index contributed by atoms with van der Waals surface area (Å²) in [6, 6.07) is 0. The van der Waals surface area contributed by atoms with E-state index in [-0.39, 0.29) is 0 Å². The maximum Gasteiger partial charge on any atom is 0.227 e. The van der Waals surface area contributed by atoms with E-state index >= 15 is 0 Å². The fraction of sp³-hybridized carbons (Fsp3) is 0.462. The van der Waals surface area contributed by atoms with E-state index in [1.165, 1.54) is 0 Å². The zero-order valence-corrected chi connectivity index (χ0v) is 11.7. The summed E-state index contributed by atoms with van der Waals surface area (Å²) in [5, 5.41) is 0. The summed E-state index contributed by atoms with van der Waals surface area (Å²) >= 11 is 0. The van der Waals surface area contributed by atoms with E-state index in [0.29, 0.717) is 11.8 Å². The van der Waals surface area contributed by atoms with E-state index in [0.717, 1.165) is 30.8 Å². The van der Waals surface area contributed by atoms with Gasteiger partial charge in [-0.3, -0.25) is 0 Å². The lowest BCUT2D eigenvalue weighted by Gasteiger charge is -2.17. The van der Waals surface area contributed by atoms with Gasteiger partial charge in [0.2, 0.25) is 5.95 Å². The first-order valence-electron chi connectivity index (χ1n) is 6.34. The van der Waals surface area contributed by atoms with Crippen LogP contribution < -0.4 is 10.6 Å². The minimum absolute atomic E-state index is 0.543. The summed E-state index contributed by atoms with van der Waals surface area (Å²) in [6.45, 7) is 2.77. The second-order valence-electron chi connectivity index (χ2n) is 4.72. The van der Waals surface area contributed by atoms with Crippen LogP contribution in [0.15, 0.2) is 18.6 Å². The van der Waals surface area contributed by atoms with Crippen molar-refractivity contribution < 1.29 is 0 Å². The number of aromatic nitrogens is 4. The summed E-state index contributed by atoms with van der Waals surface area (Å²) in [4.78, 5) is 14.9. The van der Waals surface area contributed by atoms with Gasteiger partial charge in [0.15, 0.2) is 0 Å². The molecule has 0 unspecified atom stereocenters. The molecular weight excluding hydrogens is 240 g/mol. The Morgan fingerprint density at radius 3 is 2.79 bits per heavy atom. The van der Waals surface area contributed by atoms with Crippen LogP contribution in [0.25, 0.3) is 0 Å². The Kier molecular flexibility index (Phi) is 3.99. The van der Waals surface area contributed by atoms with Gasteiger partial charge in [-0.05, 0) is 13.3 Å². The van der Waals surface area contributed by atoms with Crippen molar-refractivity contribution >= 4 is 11.8 Å². The smallest absolute Gasteiger partial charge is 0.227 e. The Morgan fingerprint density at radius 1 is 1.37 bits per heavy atom. The molecule has 0 aromatic carbocycles. The lowest BCUT2D eigenvalue weighted by atomic mass is 10.3. The number of anilines is 2. The lowest BCUT2D eigenvalue weighted by Crippen LogP contribution is -2.22. The quantitative estimate of drug-likeness (QED) is 0.873. The molecule has 6 heteroatoms. The zero-order valence-electron chi connectivity index (χ0n) is 11.7. The molecule has 6 nitrogen and oxygen atoms in total. The van der Waals surface area contributed by atoms with Crippen LogP contribution in [0.5, 0.6) is 0 Å². The van der Waals surface area contributed by atoms with Crippen molar-refractivity contribution in [1.29, 1.82) is 0 Å². The van der Waals surface area contributed by atoms with Crippen molar-refractivity contribution in [1.82, 2.24) is 19.5 Å². The number of aryl methyl sites for hydroxylation is 3. The number of hydrogen-bond acceptors (Lipinski definition) is 5.